The van der Waals surface area contributed by atoms with E-state index in [9.17, 15) is 0 Å². The fourth-order valence-corrected chi connectivity index (χ4v) is 2.86. The maximum absolute atomic E-state index is 4.62. The van der Waals surface area contributed by atoms with Crippen LogP contribution in [-0.2, 0) is 6.42 Å². The van der Waals surface area contributed by atoms with E-state index in [4.69, 9.17) is 0 Å². The third-order valence-corrected chi connectivity index (χ3v) is 3.73. The average molecular weight is 243 g/mol. The van der Waals surface area contributed by atoms with Crippen LogP contribution in [0.15, 0.2) is 30.5 Å². The van der Waals surface area contributed by atoms with Crippen molar-refractivity contribution >= 4 is 22.5 Å². The summed E-state index contributed by atoms with van der Waals surface area (Å²) >= 11 is 1.77. The SMILES string of the molecule is CCc1nc2cccnc2n1-c1ccc(C)s1. The standard InChI is InChI=1S/C13H13N3S/c1-3-11-15-10-5-4-8-14-13(10)16(11)12-7-6-9(2)17-12/h4-8H,3H2,1-2H3. The third-order valence-electron chi connectivity index (χ3n) is 2.75. The van der Waals surface area contributed by atoms with Crippen molar-refractivity contribution < 1.29 is 0 Å². The molecule has 3 aromatic heterocycles. The summed E-state index contributed by atoms with van der Waals surface area (Å²) in [5, 5.41) is 1.19. The zero-order chi connectivity index (χ0) is 11.8. The Balaban J connectivity index is 2.33. The van der Waals surface area contributed by atoms with Crippen LogP contribution in [0.5, 0.6) is 0 Å². The molecule has 0 atom stereocenters. The number of nitrogens with zero attached hydrogens (tertiary/aromatic N) is 3. The van der Waals surface area contributed by atoms with E-state index in [1.54, 1.807) is 11.3 Å². The van der Waals surface area contributed by atoms with E-state index in [0.717, 1.165) is 23.4 Å². The van der Waals surface area contributed by atoms with Crippen LogP contribution in [0.3, 0.4) is 0 Å². The zero-order valence-corrected chi connectivity index (χ0v) is 10.7. The molecule has 0 saturated heterocycles. The van der Waals surface area contributed by atoms with Gasteiger partial charge in [0, 0.05) is 17.5 Å². The number of hydrogen-bond donors (Lipinski definition) is 0. The number of aromatic nitrogens is 3. The second-order valence-corrected chi connectivity index (χ2v) is 5.21. The summed E-state index contributed by atoms with van der Waals surface area (Å²) in [6, 6.07) is 8.21. The Hall–Kier alpha value is -1.68. The lowest BCUT2D eigenvalue weighted by atomic mass is 10.4. The first-order valence-corrected chi connectivity index (χ1v) is 6.50. The lowest BCUT2D eigenvalue weighted by Gasteiger charge is -2.03. The Labute approximate surface area is 104 Å². The topological polar surface area (TPSA) is 30.7 Å². The lowest BCUT2D eigenvalue weighted by molar-refractivity contribution is 0.912. The summed E-state index contributed by atoms with van der Waals surface area (Å²) in [5.74, 6) is 1.07. The summed E-state index contributed by atoms with van der Waals surface area (Å²) in [5.41, 5.74) is 1.92. The van der Waals surface area contributed by atoms with Crippen molar-refractivity contribution in [2.75, 3.05) is 0 Å². The number of thiophene rings is 1. The monoisotopic (exact) mass is 243 g/mol. The molecule has 3 rings (SSSR count). The minimum absolute atomic E-state index is 0.910. The normalized spacial score (nSPS) is 11.2. The molecule has 0 aliphatic rings. The molecular formula is C13H13N3S. The fraction of sp³-hybridized carbons (Fsp3) is 0.231. The highest BCUT2D eigenvalue weighted by Crippen LogP contribution is 2.25. The maximum atomic E-state index is 4.62. The Morgan fingerprint density at radius 1 is 1.29 bits per heavy atom. The van der Waals surface area contributed by atoms with Crippen LogP contribution < -0.4 is 0 Å². The summed E-state index contributed by atoms with van der Waals surface area (Å²) in [4.78, 5) is 10.4. The summed E-state index contributed by atoms with van der Waals surface area (Å²) in [6.07, 6.45) is 2.73. The first kappa shape index (κ1) is 10.5. The summed E-state index contributed by atoms with van der Waals surface area (Å²) < 4.78 is 2.16. The first-order valence-electron chi connectivity index (χ1n) is 5.68. The van der Waals surface area contributed by atoms with Gasteiger partial charge in [0.15, 0.2) is 5.65 Å². The number of fused-ring (bicyclic) bond motifs is 1. The largest absolute Gasteiger partial charge is 0.271 e. The molecule has 4 heteroatoms. The van der Waals surface area contributed by atoms with Gasteiger partial charge in [-0.1, -0.05) is 6.92 Å². The van der Waals surface area contributed by atoms with Crippen LogP contribution in [0.1, 0.15) is 17.6 Å². The number of aryl methyl sites for hydroxylation is 2. The molecule has 0 fully saturated rings. The number of rotatable bonds is 2. The van der Waals surface area contributed by atoms with Crippen LogP contribution in [0.25, 0.3) is 16.2 Å². The van der Waals surface area contributed by atoms with Gasteiger partial charge in [-0.25, -0.2) is 9.97 Å². The van der Waals surface area contributed by atoms with Crippen LogP contribution in [0.2, 0.25) is 0 Å². The van der Waals surface area contributed by atoms with Crippen LogP contribution >= 0.6 is 11.3 Å². The van der Waals surface area contributed by atoms with Crippen LogP contribution in [-0.4, -0.2) is 14.5 Å². The van der Waals surface area contributed by atoms with Crippen molar-refractivity contribution in [3.8, 4) is 5.00 Å². The predicted octanol–water partition coefficient (Wildman–Crippen LogP) is 3.35. The van der Waals surface area contributed by atoms with Gasteiger partial charge in [0.25, 0.3) is 0 Å². The summed E-state index contributed by atoms with van der Waals surface area (Å²) in [7, 11) is 0. The van der Waals surface area contributed by atoms with Gasteiger partial charge in [-0.3, -0.25) is 4.57 Å². The Kier molecular flexibility index (Phi) is 2.44. The van der Waals surface area contributed by atoms with E-state index in [-0.39, 0.29) is 0 Å². The van der Waals surface area contributed by atoms with Crippen molar-refractivity contribution in [1.82, 2.24) is 14.5 Å². The molecule has 0 aliphatic heterocycles. The average Bonchev–Trinajstić information content (AvgIpc) is 2.91. The van der Waals surface area contributed by atoms with Gasteiger partial charge < -0.3 is 0 Å². The quantitative estimate of drug-likeness (QED) is 0.691. The summed E-state index contributed by atoms with van der Waals surface area (Å²) in [6.45, 7) is 4.24. The van der Waals surface area contributed by atoms with Gasteiger partial charge in [-0.2, -0.15) is 0 Å². The van der Waals surface area contributed by atoms with Gasteiger partial charge in [0.2, 0.25) is 0 Å². The van der Waals surface area contributed by atoms with Gasteiger partial charge in [-0.15, -0.1) is 11.3 Å². The minimum Gasteiger partial charge on any atom is -0.271 e. The predicted molar refractivity (Wildman–Crippen MR) is 70.9 cm³/mol. The molecule has 0 unspecified atom stereocenters. The molecule has 17 heavy (non-hydrogen) atoms. The molecule has 0 radical (unpaired) electrons. The van der Waals surface area contributed by atoms with E-state index in [1.165, 1.54) is 9.88 Å². The smallest absolute Gasteiger partial charge is 0.165 e. The number of hydrogen-bond acceptors (Lipinski definition) is 3. The van der Waals surface area contributed by atoms with Gasteiger partial charge in [0.1, 0.15) is 16.3 Å². The second kappa shape index (κ2) is 3.96. The van der Waals surface area contributed by atoms with Gasteiger partial charge in [0.05, 0.1) is 0 Å². The Bertz CT molecular complexity index is 666. The molecule has 0 N–H and O–H groups in total. The second-order valence-electron chi connectivity index (χ2n) is 3.95. The molecule has 0 amide bonds. The molecule has 0 saturated carbocycles. The molecule has 3 nitrogen and oxygen atoms in total. The highest BCUT2D eigenvalue weighted by atomic mass is 32.1. The number of pyridine rings is 1. The van der Waals surface area contributed by atoms with Crippen molar-refractivity contribution in [3.05, 3.63) is 41.2 Å². The molecule has 0 spiro atoms. The molecule has 3 aromatic rings. The first-order chi connectivity index (χ1) is 8.29. The van der Waals surface area contributed by atoms with Gasteiger partial charge in [-0.05, 0) is 31.2 Å². The molecule has 0 aromatic carbocycles. The van der Waals surface area contributed by atoms with E-state index in [1.807, 2.05) is 18.3 Å². The molecule has 0 bridgehead atoms. The zero-order valence-electron chi connectivity index (χ0n) is 9.84. The number of imidazole rings is 1. The van der Waals surface area contributed by atoms with E-state index < -0.39 is 0 Å². The lowest BCUT2D eigenvalue weighted by Crippen LogP contribution is -1.98. The highest BCUT2D eigenvalue weighted by Gasteiger charge is 2.12. The van der Waals surface area contributed by atoms with Gasteiger partial charge >= 0.3 is 0 Å². The molecule has 3 heterocycles. The van der Waals surface area contributed by atoms with Crippen molar-refractivity contribution in [2.24, 2.45) is 0 Å². The van der Waals surface area contributed by atoms with Crippen LogP contribution in [0.4, 0.5) is 0 Å². The minimum atomic E-state index is 0.910. The van der Waals surface area contributed by atoms with Crippen LogP contribution in [0, 0.1) is 6.92 Å². The third kappa shape index (κ3) is 1.65. The van der Waals surface area contributed by atoms with Crippen molar-refractivity contribution in [3.63, 3.8) is 0 Å². The fourth-order valence-electron chi connectivity index (χ4n) is 1.97. The Morgan fingerprint density at radius 2 is 2.18 bits per heavy atom. The molecule has 86 valence electrons. The maximum Gasteiger partial charge on any atom is 0.165 e. The van der Waals surface area contributed by atoms with E-state index in [2.05, 4.69) is 40.5 Å². The molecular weight excluding hydrogens is 230 g/mol. The van der Waals surface area contributed by atoms with E-state index in [0.29, 0.717) is 0 Å². The van der Waals surface area contributed by atoms with Crippen molar-refractivity contribution in [1.29, 1.82) is 0 Å². The Morgan fingerprint density at radius 3 is 2.88 bits per heavy atom. The highest BCUT2D eigenvalue weighted by molar-refractivity contribution is 7.14. The molecule has 0 aliphatic carbocycles. The van der Waals surface area contributed by atoms with Crippen molar-refractivity contribution in [2.45, 2.75) is 20.3 Å². The van der Waals surface area contributed by atoms with E-state index >= 15 is 0 Å².